The number of hydrogen-bond donors (Lipinski definition) is 1. The number of thioether (sulfide) groups is 1. The van der Waals surface area contributed by atoms with Gasteiger partial charge in [-0.25, -0.2) is 9.78 Å². The van der Waals surface area contributed by atoms with Gasteiger partial charge in [-0.1, -0.05) is 11.8 Å². The zero-order chi connectivity index (χ0) is 21.7. The monoisotopic (exact) mass is 427 g/mol. The van der Waals surface area contributed by atoms with Crippen LogP contribution in [0.3, 0.4) is 0 Å². The molecule has 1 aliphatic heterocycles. The maximum absolute atomic E-state index is 12.5. The Morgan fingerprint density at radius 1 is 1.27 bits per heavy atom. The summed E-state index contributed by atoms with van der Waals surface area (Å²) in [6, 6.07) is 6.99. The first-order chi connectivity index (χ1) is 14.5. The van der Waals surface area contributed by atoms with Crippen LogP contribution in [0.15, 0.2) is 23.2 Å². The number of carbonyl (C=O) groups is 2. The molecule has 1 N–H and O–H groups in total. The van der Waals surface area contributed by atoms with Crippen LogP contribution in [0.2, 0.25) is 0 Å². The van der Waals surface area contributed by atoms with Crippen LogP contribution in [-0.2, 0) is 16.1 Å². The van der Waals surface area contributed by atoms with E-state index in [1.54, 1.807) is 18.2 Å². The van der Waals surface area contributed by atoms with Crippen LogP contribution in [0.1, 0.15) is 41.0 Å². The van der Waals surface area contributed by atoms with E-state index in [0.29, 0.717) is 41.0 Å². The largest absolute Gasteiger partial charge is 0.490 e. The molecule has 0 bridgehead atoms. The summed E-state index contributed by atoms with van der Waals surface area (Å²) in [6.45, 7) is 6.54. The number of nitrogens with zero attached hydrogens (tertiary/aromatic N) is 2. The molecule has 30 heavy (non-hydrogen) atoms. The van der Waals surface area contributed by atoms with E-state index in [9.17, 15) is 14.9 Å². The number of hydrogen-bond acceptors (Lipinski definition) is 8. The van der Waals surface area contributed by atoms with Crippen molar-refractivity contribution >= 4 is 29.3 Å². The predicted molar refractivity (Wildman–Crippen MR) is 111 cm³/mol. The summed E-state index contributed by atoms with van der Waals surface area (Å²) in [4.78, 5) is 28.9. The Labute approximate surface area is 178 Å². The fourth-order valence-corrected chi connectivity index (χ4v) is 3.88. The molecular formula is C21H21N3O5S. The molecule has 0 saturated heterocycles. The number of nitrogens with one attached hydrogen (secondary N) is 1. The van der Waals surface area contributed by atoms with Crippen LogP contribution >= 0.6 is 11.8 Å². The average Bonchev–Trinajstić information content (AvgIpc) is 3.08. The number of aromatic nitrogens is 1. The van der Waals surface area contributed by atoms with Crippen molar-refractivity contribution in [1.82, 2.24) is 4.98 Å². The molecule has 0 fully saturated rings. The topological polar surface area (TPSA) is 111 Å². The molecule has 8 nitrogen and oxygen atoms in total. The average molecular weight is 427 g/mol. The van der Waals surface area contributed by atoms with E-state index in [4.69, 9.17) is 14.2 Å². The molecular weight excluding hydrogens is 406 g/mol. The van der Waals surface area contributed by atoms with Crippen molar-refractivity contribution in [3.63, 3.8) is 0 Å². The first-order valence-corrected chi connectivity index (χ1v) is 10.4. The second-order valence-corrected chi connectivity index (χ2v) is 7.30. The molecule has 0 aliphatic carbocycles. The summed E-state index contributed by atoms with van der Waals surface area (Å²) in [6.07, 6.45) is 0. The summed E-state index contributed by atoms with van der Waals surface area (Å²) in [7, 11) is 0. The molecule has 0 spiro atoms. The van der Waals surface area contributed by atoms with Crippen LogP contribution in [0, 0.1) is 18.3 Å². The Bertz CT molecular complexity index is 1030. The number of pyridine rings is 1. The molecule has 0 atom stereocenters. The summed E-state index contributed by atoms with van der Waals surface area (Å²) in [5.41, 5.74) is 2.52. The van der Waals surface area contributed by atoms with Crippen molar-refractivity contribution in [3.05, 3.63) is 40.6 Å². The van der Waals surface area contributed by atoms with Gasteiger partial charge in [-0.15, -0.1) is 0 Å². The number of benzene rings is 1. The molecule has 2 heterocycles. The third kappa shape index (κ3) is 4.66. The van der Waals surface area contributed by atoms with Crippen molar-refractivity contribution in [1.29, 1.82) is 5.26 Å². The second-order valence-electron chi connectivity index (χ2n) is 6.34. The SMILES string of the molecule is CCOc1cc(C#N)c(NC(=O)CSc2nc(C)cc3c2C(=O)OC3)cc1OCC. The van der Waals surface area contributed by atoms with E-state index in [0.717, 1.165) is 23.0 Å². The maximum atomic E-state index is 12.5. The minimum Gasteiger partial charge on any atom is -0.490 e. The number of ether oxygens (including phenoxy) is 3. The van der Waals surface area contributed by atoms with Crippen molar-refractivity contribution < 1.29 is 23.8 Å². The van der Waals surface area contributed by atoms with Crippen molar-refractivity contribution in [2.45, 2.75) is 32.4 Å². The van der Waals surface area contributed by atoms with Crippen molar-refractivity contribution in [3.8, 4) is 17.6 Å². The van der Waals surface area contributed by atoms with E-state index >= 15 is 0 Å². The van der Waals surface area contributed by atoms with Gasteiger partial charge < -0.3 is 19.5 Å². The Kier molecular flexibility index (Phi) is 6.79. The van der Waals surface area contributed by atoms with Crippen LogP contribution in [0.4, 0.5) is 5.69 Å². The molecule has 2 aromatic rings. The van der Waals surface area contributed by atoms with Gasteiger partial charge in [0.15, 0.2) is 11.5 Å². The highest BCUT2D eigenvalue weighted by Gasteiger charge is 2.27. The highest BCUT2D eigenvalue weighted by molar-refractivity contribution is 8.00. The highest BCUT2D eigenvalue weighted by Crippen LogP contribution is 2.34. The Hall–Kier alpha value is -3.25. The van der Waals surface area contributed by atoms with Gasteiger partial charge in [0.2, 0.25) is 5.91 Å². The number of aryl methyl sites for hydroxylation is 1. The van der Waals surface area contributed by atoms with Crippen LogP contribution in [-0.4, -0.2) is 35.8 Å². The summed E-state index contributed by atoms with van der Waals surface area (Å²) in [5.74, 6) is 0.133. The second kappa shape index (κ2) is 9.50. The van der Waals surface area contributed by atoms with E-state index < -0.39 is 5.97 Å². The summed E-state index contributed by atoms with van der Waals surface area (Å²) >= 11 is 1.15. The quantitative estimate of drug-likeness (QED) is 0.504. The van der Waals surface area contributed by atoms with Gasteiger partial charge in [0.1, 0.15) is 17.7 Å². The molecule has 1 aromatic carbocycles. The predicted octanol–water partition coefficient (Wildman–Crippen LogP) is 3.46. The van der Waals surface area contributed by atoms with E-state index in [1.165, 1.54) is 0 Å². The molecule has 0 saturated carbocycles. The first-order valence-electron chi connectivity index (χ1n) is 9.40. The highest BCUT2D eigenvalue weighted by atomic mass is 32.2. The summed E-state index contributed by atoms with van der Waals surface area (Å²) < 4.78 is 16.1. The number of amides is 1. The molecule has 1 amide bonds. The lowest BCUT2D eigenvalue weighted by Gasteiger charge is -2.14. The van der Waals surface area contributed by atoms with Gasteiger partial charge in [0, 0.05) is 23.4 Å². The molecule has 1 aromatic heterocycles. The van der Waals surface area contributed by atoms with Crippen LogP contribution in [0.25, 0.3) is 0 Å². The number of anilines is 1. The smallest absolute Gasteiger partial charge is 0.341 e. The zero-order valence-corrected chi connectivity index (χ0v) is 17.7. The normalized spacial score (nSPS) is 12.0. The fraction of sp³-hybridized carbons (Fsp3) is 0.333. The molecule has 0 unspecified atom stereocenters. The molecule has 0 radical (unpaired) electrons. The van der Waals surface area contributed by atoms with Gasteiger partial charge in [0.25, 0.3) is 0 Å². The van der Waals surface area contributed by atoms with Crippen LogP contribution < -0.4 is 14.8 Å². The minimum atomic E-state index is -0.431. The number of esters is 1. The van der Waals surface area contributed by atoms with Gasteiger partial charge >= 0.3 is 5.97 Å². The van der Waals surface area contributed by atoms with E-state index in [2.05, 4.69) is 16.4 Å². The van der Waals surface area contributed by atoms with Crippen molar-refractivity contribution in [2.75, 3.05) is 24.3 Å². The lowest BCUT2D eigenvalue weighted by molar-refractivity contribution is -0.113. The molecule has 9 heteroatoms. The van der Waals surface area contributed by atoms with Crippen LogP contribution in [0.5, 0.6) is 11.5 Å². The number of rotatable bonds is 8. The van der Waals surface area contributed by atoms with E-state index in [-0.39, 0.29) is 23.8 Å². The number of fused-ring (bicyclic) bond motifs is 1. The summed E-state index contributed by atoms with van der Waals surface area (Å²) in [5, 5.41) is 12.6. The third-order valence-corrected chi connectivity index (χ3v) is 5.15. The van der Waals surface area contributed by atoms with E-state index in [1.807, 2.05) is 20.8 Å². The molecule has 3 rings (SSSR count). The Morgan fingerprint density at radius 2 is 1.97 bits per heavy atom. The number of cyclic esters (lactones) is 1. The molecule has 1 aliphatic rings. The zero-order valence-electron chi connectivity index (χ0n) is 16.9. The van der Waals surface area contributed by atoms with Gasteiger partial charge in [0.05, 0.1) is 35.8 Å². The van der Waals surface area contributed by atoms with Crippen molar-refractivity contribution in [2.24, 2.45) is 0 Å². The standard InChI is InChI=1S/C21H21N3O5S/c1-4-27-16-7-13(9-22)15(8-17(16)28-5-2)24-18(25)11-30-20-19-14(6-12(3)23-20)10-29-21(19)26/h6-8H,4-5,10-11H2,1-3H3,(H,24,25). The van der Waals surface area contributed by atoms with Gasteiger partial charge in [-0.2, -0.15) is 5.26 Å². The maximum Gasteiger partial charge on any atom is 0.341 e. The lowest BCUT2D eigenvalue weighted by atomic mass is 10.1. The molecule has 156 valence electrons. The fourth-order valence-electron chi connectivity index (χ4n) is 2.97. The third-order valence-electron chi connectivity index (χ3n) is 4.18. The first kappa shape index (κ1) is 21.5. The minimum absolute atomic E-state index is 0.0121. The number of nitriles is 1. The Balaban J connectivity index is 1.76. The van der Waals surface area contributed by atoms with Gasteiger partial charge in [-0.05, 0) is 26.8 Å². The number of carbonyl (C=O) groups excluding carboxylic acids is 2. The lowest BCUT2D eigenvalue weighted by Crippen LogP contribution is -2.16. The van der Waals surface area contributed by atoms with Gasteiger partial charge in [-0.3, -0.25) is 4.79 Å². The Morgan fingerprint density at radius 3 is 2.63 bits per heavy atom.